The fraction of sp³-hybridized carbons (Fsp3) is 0.167. The second-order valence-corrected chi connectivity index (χ2v) is 4.66. The van der Waals surface area contributed by atoms with Crippen LogP contribution in [0.5, 0.6) is 0 Å². The summed E-state index contributed by atoms with van der Waals surface area (Å²) >= 11 is 5.69. The van der Waals surface area contributed by atoms with E-state index in [1.807, 2.05) is 0 Å². The number of thiocarbonyl (C=S) groups is 1. The van der Waals surface area contributed by atoms with E-state index in [2.05, 4.69) is 4.99 Å². The van der Waals surface area contributed by atoms with Gasteiger partial charge in [0.15, 0.2) is 5.03 Å². The third-order valence-corrected chi connectivity index (χ3v) is 3.15. The van der Waals surface area contributed by atoms with Crippen LogP contribution in [0.3, 0.4) is 0 Å². The summed E-state index contributed by atoms with van der Waals surface area (Å²) in [4.78, 5) is 35.4. The molecule has 0 saturated carbocycles. The molecule has 2 rings (SSSR count). The van der Waals surface area contributed by atoms with Crippen molar-refractivity contribution in [1.82, 2.24) is 5.01 Å². The lowest BCUT2D eigenvalue weighted by Gasteiger charge is -2.18. The number of fused-ring (bicyclic) bond motifs is 1. The van der Waals surface area contributed by atoms with Gasteiger partial charge in [-0.1, -0.05) is 24.0 Å². The second kappa shape index (κ2) is 3.85. The molecule has 0 radical (unpaired) electrons. The predicted octanol–water partition coefficient (Wildman–Crippen LogP) is -0.0203. The molecule has 1 unspecified atom stereocenters. The molecule has 17 heavy (non-hydrogen) atoms. The van der Waals surface area contributed by atoms with Gasteiger partial charge in [0.05, 0.1) is 14.7 Å². The fourth-order valence-corrected chi connectivity index (χ4v) is 2.42. The molecule has 0 bridgehead atoms. The van der Waals surface area contributed by atoms with Crippen LogP contribution >= 0.6 is 24.0 Å². The molecule has 2 aliphatic rings. The number of thioether (sulfide) groups is 1. The largest absolute Gasteiger partial charge is 0.443 e. The Hall–Kier alpha value is -1.88. The molecule has 0 aromatic carbocycles. The monoisotopic (exact) mass is 274 g/mol. The van der Waals surface area contributed by atoms with Crippen LogP contribution < -0.4 is 0 Å². The highest BCUT2D eigenvalue weighted by molar-refractivity contribution is 8.34. The minimum atomic E-state index is -2.04. The van der Waals surface area contributed by atoms with Crippen molar-refractivity contribution >= 4 is 39.1 Å². The maximum absolute atomic E-state index is 11.7. The molecule has 0 aromatic heterocycles. The molecule has 1 atom stereocenters. The lowest BCUT2D eigenvalue weighted by Crippen LogP contribution is -2.51. The van der Waals surface area contributed by atoms with Gasteiger partial charge >= 0.3 is 12.2 Å². The molecule has 0 saturated heterocycles. The smallest absolute Gasteiger partial charge is 0.262 e. The van der Waals surface area contributed by atoms with Crippen molar-refractivity contribution in [2.75, 3.05) is 0 Å². The van der Waals surface area contributed by atoms with Crippen LogP contribution in [-0.4, -0.2) is 36.4 Å². The molecule has 0 spiro atoms. The average Bonchev–Trinajstić information content (AvgIpc) is 2.57. The van der Waals surface area contributed by atoms with E-state index in [4.69, 9.17) is 12.2 Å². The number of nitrogens with zero attached hydrogens (tertiary/aromatic N) is 4. The lowest BCUT2D eigenvalue weighted by molar-refractivity contribution is -0.711. The van der Waals surface area contributed by atoms with Crippen LogP contribution in [0.15, 0.2) is 16.6 Å². The number of carbonyl (C=O) groups is 1. The number of rotatable bonds is 2. The molecule has 9 nitrogen and oxygen atoms in total. The quantitative estimate of drug-likeness (QED) is 0.394. The highest BCUT2D eigenvalue weighted by Gasteiger charge is 2.50. The first-order valence-corrected chi connectivity index (χ1v) is 5.27. The van der Waals surface area contributed by atoms with E-state index in [0.717, 1.165) is 11.8 Å². The summed E-state index contributed by atoms with van der Waals surface area (Å²) in [5.41, 5.74) is -0.0743. The van der Waals surface area contributed by atoms with Crippen molar-refractivity contribution in [2.45, 2.75) is 6.29 Å². The van der Waals surface area contributed by atoms with Crippen molar-refractivity contribution in [2.24, 2.45) is 4.99 Å². The summed E-state index contributed by atoms with van der Waals surface area (Å²) in [6, 6.07) is 0. The highest BCUT2D eigenvalue weighted by atomic mass is 32.2. The van der Waals surface area contributed by atoms with Crippen molar-refractivity contribution in [3.05, 3.63) is 31.9 Å². The topological polar surface area (TPSA) is 119 Å². The maximum Gasteiger partial charge on any atom is 0.443 e. The van der Waals surface area contributed by atoms with E-state index in [1.54, 1.807) is 0 Å². The van der Waals surface area contributed by atoms with E-state index in [-0.39, 0.29) is 15.6 Å². The molecule has 1 amide bonds. The number of hydrogen-bond donors (Lipinski definition) is 0. The Morgan fingerprint density at radius 1 is 1.47 bits per heavy atom. The first-order chi connectivity index (χ1) is 7.91. The Morgan fingerprint density at radius 3 is 2.65 bits per heavy atom. The molecule has 2 heterocycles. The Morgan fingerprint density at radius 2 is 2.12 bits per heavy atom. The third-order valence-electron chi connectivity index (χ3n) is 1.94. The van der Waals surface area contributed by atoms with Crippen LogP contribution in [0.2, 0.25) is 0 Å². The number of carbonyl (C=O) groups excluding carboxylic acids is 1. The standard InChI is InChI=1S/C6H2N4O5S2/c11-5-2-1-3(16)17-4(2)7-6(9(12)13)8(5)10(14)15/h1,6H. The second-order valence-electron chi connectivity index (χ2n) is 2.93. The zero-order valence-electron chi connectivity index (χ0n) is 7.80. The first kappa shape index (κ1) is 11.6. The summed E-state index contributed by atoms with van der Waals surface area (Å²) in [5, 5.41) is 20.0. The summed E-state index contributed by atoms with van der Waals surface area (Å²) in [7, 11) is 0. The molecule has 0 N–H and O–H groups in total. The zero-order chi connectivity index (χ0) is 12.7. The minimum Gasteiger partial charge on any atom is -0.262 e. The van der Waals surface area contributed by atoms with Gasteiger partial charge in [-0.2, -0.15) is 4.99 Å². The van der Waals surface area contributed by atoms with Gasteiger partial charge in [-0.15, -0.1) is 0 Å². The van der Waals surface area contributed by atoms with Crippen LogP contribution in [0, 0.1) is 20.2 Å². The van der Waals surface area contributed by atoms with Crippen LogP contribution in [0.1, 0.15) is 0 Å². The molecule has 11 heteroatoms. The van der Waals surface area contributed by atoms with Crippen LogP contribution in [-0.2, 0) is 4.79 Å². The van der Waals surface area contributed by atoms with Gasteiger partial charge in [0.1, 0.15) is 5.04 Å². The number of hydrogen-bond acceptors (Lipinski definition) is 8. The van der Waals surface area contributed by atoms with E-state index in [1.165, 1.54) is 6.08 Å². The summed E-state index contributed by atoms with van der Waals surface area (Å²) in [6.45, 7) is 0. The Kier molecular flexibility index (Phi) is 2.63. The molecule has 0 aliphatic carbocycles. The number of amides is 1. The van der Waals surface area contributed by atoms with Gasteiger partial charge in [0, 0.05) is 5.01 Å². The Balaban J connectivity index is 2.53. The van der Waals surface area contributed by atoms with Gasteiger partial charge in [0.2, 0.25) is 0 Å². The van der Waals surface area contributed by atoms with Gasteiger partial charge < -0.3 is 0 Å². The van der Waals surface area contributed by atoms with Crippen molar-refractivity contribution in [3.63, 3.8) is 0 Å². The fourth-order valence-electron chi connectivity index (χ4n) is 1.29. The number of nitro groups is 2. The molecule has 88 valence electrons. The van der Waals surface area contributed by atoms with Gasteiger partial charge in [-0.25, -0.2) is 10.1 Å². The van der Waals surface area contributed by atoms with Gasteiger partial charge in [-0.3, -0.25) is 14.9 Å². The van der Waals surface area contributed by atoms with Crippen molar-refractivity contribution in [1.29, 1.82) is 0 Å². The summed E-state index contributed by atoms with van der Waals surface area (Å²) in [5.74, 6) is -1.07. The maximum atomic E-state index is 11.7. The highest BCUT2D eigenvalue weighted by Crippen LogP contribution is 2.30. The first-order valence-electron chi connectivity index (χ1n) is 4.05. The van der Waals surface area contributed by atoms with E-state index < -0.39 is 22.2 Å². The van der Waals surface area contributed by atoms with Crippen molar-refractivity contribution < 1.29 is 14.8 Å². The predicted molar refractivity (Wildman–Crippen MR) is 60.3 cm³/mol. The third kappa shape index (κ3) is 1.78. The molecule has 0 fully saturated rings. The summed E-state index contributed by atoms with van der Waals surface area (Å²) < 4.78 is 0.291. The molecule has 0 aromatic rings. The van der Waals surface area contributed by atoms with Crippen LogP contribution in [0.25, 0.3) is 0 Å². The minimum absolute atomic E-state index is 0.0554. The molecular weight excluding hydrogens is 272 g/mol. The summed E-state index contributed by atoms with van der Waals surface area (Å²) in [6.07, 6.45) is -0.800. The molecule has 2 aliphatic heterocycles. The van der Waals surface area contributed by atoms with Crippen LogP contribution in [0.4, 0.5) is 0 Å². The average molecular weight is 274 g/mol. The number of aliphatic imine (C=N–C) groups is 1. The van der Waals surface area contributed by atoms with Gasteiger partial charge in [-0.05, 0) is 6.08 Å². The normalized spacial score (nSPS) is 23.1. The lowest BCUT2D eigenvalue weighted by atomic mass is 10.2. The van der Waals surface area contributed by atoms with E-state index in [9.17, 15) is 25.0 Å². The Labute approximate surface area is 102 Å². The SMILES string of the molecule is O=C1C2=CC(=S)SC2=NC([N+](=O)[O-])N1[N+](=O)[O-]. The van der Waals surface area contributed by atoms with E-state index >= 15 is 0 Å². The van der Waals surface area contributed by atoms with E-state index in [0.29, 0.717) is 4.20 Å². The Bertz CT molecular complexity index is 526. The zero-order valence-corrected chi connectivity index (χ0v) is 9.43. The van der Waals surface area contributed by atoms with Crippen molar-refractivity contribution in [3.8, 4) is 0 Å². The number of hydrazine groups is 1. The van der Waals surface area contributed by atoms with Gasteiger partial charge in [0.25, 0.3) is 0 Å². The molecular formula is C6H2N4O5S2.